The quantitative estimate of drug-likeness (QED) is 0.574. The van der Waals surface area contributed by atoms with Gasteiger partial charge in [0.2, 0.25) is 0 Å². The van der Waals surface area contributed by atoms with Gasteiger partial charge in [0.25, 0.3) is 5.56 Å². The Morgan fingerprint density at radius 2 is 2.26 bits per heavy atom. The van der Waals surface area contributed by atoms with Gasteiger partial charge in [0, 0.05) is 16.0 Å². The van der Waals surface area contributed by atoms with Crippen molar-refractivity contribution in [1.29, 1.82) is 0 Å². The van der Waals surface area contributed by atoms with E-state index in [1.807, 2.05) is 35.9 Å². The topological polar surface area (TPSA) is 45.8 Å². The minimum atomic E-state index is -0.0902. The predicted octanol–water partition coefficient (Wildman–Crippen LogP) is 4.03. The molecule has 0 spiro atoms. The second kappa shape index (κ2) is 5.00. The molecule has 0 bridgehead atoms. The number of nitrogens with zero attached hydrogens (tertiary/aromatic N) is 1. The van der Waals surface area contributed by atoms with E-state index in [2.05, 4.69) is 9.97 Å². The molecule has 0 atom stereocenters. The minimum Gasteiger partial charge on any atom is -0.300 e. The van der Waals surface area contributed by atoms with Gasteiger partial charge < -0.3 is 4.98 Å². The lowest BCUT2D eigenvalue weighted by Gasteiger charge is -2.01. The lowest BCUT2D eigenvalue weighted by Crippen LogP contribution is -2.07. The zero-order valence-corrected chi connectivity index (χ0v) is 12.3. The van der Waals surface area contributed by atoms with Crippen LogP contribution in [0.25, 0.3) is 21.3 Å². The van der Waals surface area contributed by atoms with Crippen LogP contribution >= 0.6 is 34.7 Å². The van der Waals surface area contributed by atoms with E-state index in [0.29, 0.717) is 14.9 Å². The first kappa shape index (κ1) is 12.7. The number of halogens is 1. The molecule has 96 valence electrons. The van der Waals surface area contributed by atoms with Crippen LogP contribution in [0.4, 0.5) is 0 Å². The van der Waals surface area contributed by atoms with Crippen LogP contribution in [0.15, 0.2) is 39.6 Å². The molecule has 6 heteroatoms. The van der Waals surface area contributed by atoms with E-state index in [-0.39, 0.29) is 5.56 Å². The molecule has 1 aromatic carbocycles. The van der Waals surface area contributed by atoms with Gasteiger partial charge in [-0.2, -0.15) is 0 Å². The Bertz CT molecular complexity index is 810. The van der Waals surface area contributed by atoms with Crippen LogP contribution in [0.1, 0.15) is 0 Å². The number of thiophene rings is 1. The standard InChI is InChI=1S/C13H9ClN2OS2/c1-18-13-15-10-9(6-19-11(10)12(17)16-13)7-3-2-4-8(14)5-7/h2-6H,1H3,(H,15,16,17). The van der Waals surface area contributed by atoms with Gasteiger partial charge in [-0.05, 0) is 24.0 Å². The number of thioether (sulfide) groups is 1. The Morgan fingerprint density at radius 1 is 1.42 bits per heavy atom. The largest absolute Gasteiger partial charge is 0.300 e. The molecule has 0 aliphatic carbocycles. The van der Waals surface area contributed by atoms with Gasteiger partial charge in [0.05, 0.1) is 5.52 Å². The van der Waals surface area contributed by atoms with E-state index < -0.39 is 0 Å². The van der Waals surface area contributed by atoms with Crippen molar-refractivity contribution in [2.45, 2.75) is 5.16 Å². The molecule has 3 rings (SSSR count). The van der Waals surface area contributed by atoms with Gasteiger partial charge in [0.1, 0.15) is 4.70 Å². The molecule has 2 heterocycles. The lowest BCUT2D eigenvalue weighted by atomic mass is 10.1. The molecule has 0 amide bonds. The fraction of sp³-hybridized carbons (Fsp3) is 0.0769. The van der Waals surface area contributed by atoms with Gasteiger partial charge in [-0.1, -0.05) is 35.5 Å². The third-order valence-electron chi connectivity index (χ3n) is 2.73. The smallest absolute Gasteiger partial charge is 0.269 e. The van der Waals surface area contributed by atoms with Crippen LogP contribution in [0, 0.1) is 0 Å². The van der Waals surface area contributed by atoms with E-state index in [4.69, 9.17) is 11.6 Å². The van der Waals surface area contributed by atoms with Gasteiger partial charge in [-0.15, -0.1) is 11.3 Å². The van der Waals surface area contributed by atoms with Crippen molar-refractivity contribution >= 4 is 44.9 Å². The van der Waals surface area contributed by atoms with Crippen LogP contribution in [0.3, 0.4) is 0 Å². The van der Waals surface area contributed by atoms with Crippen LogP contribution in [-0.2, 0) is 0 Å². The third-order valence-corrected chi connectivity index (χ3v) is 4.52. The summed E-state index contributed by atoms with van der Waals surface area (Å²) in [5.74, 6) is 0. The summed E-state index contributed by atoms with van der Waals surface area (Å²) in [5.41, 5.74) is 2.57. The Labute approximate surface area is 122 Å². The molecular formula is C13H9ClN2OS2. The highest BCUT2D eigenvalue weighted by Gasteiger charge is 2.12. The first-order valence-corrected chi connectivity index (χ1v) is 7.98. The molecule has 3 nitrogen and oxygen atoms in total. The molecule has 1 N–H and O–H groups in total. The van der Waals surface area contributed by atoms with Crippen molar-refractivity contribution in [3.05, 3.63) is 45.0 Å². The number of H-pyrrole nitrogens is 1. The number of fused-ring (bicyclic) bond motifs is 1. The Balaban J connectivity index is 2.30. The highest BCUT2D eigenvalue weighted by molar-refractivity contribution is 7.98. The minimum absolute atomic E-state index is 0.0902. The number of benzene rings is 1. The van der Waals surface area contributed by atoms with E-state index >= 15 is 0 Å². The van der Waals surface area contributed by atoms with E-state index in [9.17, 15) is 4.79 Å². The molecule has 0 unspecified atom stereocenters. The van der Waals surface area contributed by atoms with Crippen LogP contribution in [0.5, 0.6) is 0 Å². The summed E-state index contributed by atoms with van der Waals surface area (Å²) in [4.78, 5) is 19.2. The molecular weight excluding hydrogens is 300 g/mol. The van der Waals surface area contributed by atoms with Gasteiger partial charge >= 0.3 is 0 Å². The van der Waals surface area contributed by atoms with Crippen LogP contribution < -0.4 is 5.56 Å². The summed E-state index contributed by atoms with van der Waals surface area (Å²) in [7, 11) is 0. The van der Waals surface area contributed by atoms with Crippen molar-refractivity contribution in [3.63, 3.8) is 0 Å². The number of nitrogens with one attached hydrogen (secondary N) is 1. The average Bonchev–Trinajstić information content (AvgIpc) is 2.83. The molecule has 2 aromatic heterocycles. The maximum atomic E-state index is 11.9. The van der Waals surface area contributed by atoms with Crippen molar-refractivity contribution in [2.24, 2.45) is 0 Å². The Hall–Kier alpha value is -1.30. The molecule has 0 saturated heterocycles. The van der Waals surface area contributed by atoms with E-state index in [0.717, 1.165) is 16.6 Å². The summed E-state index contributed by atoms with van der Waals surface area (Å²) < 4.78 is 0.646. The van der Waals surface area contributed by atoms with Gasteiger partial charge in [0.15, 0.2) is 5.16 Å². The fourth-order valence-electron chi connectivity index (χ4n) is 1.86. The molecule has 0 aliphatic rings. The third kappa shape index (κ3) is 2.29. The first-order chi connectivity index (χ1) is 9.19. The average molecular weight is 309 g/mol. The van der Waals surface area contributed by atoms with Crippen molar-refractivity contribution in [3.8, 4) is 11.1 Å². The van der Waals surface area contributed by atoms with Gasteiger partial charge in [-0.25, -0.2) is 4.98 Å². The summed E-state index contributed by atoms with van der Waals surface area (Å²) in [6.45, 7) is 0. The number of hydrogen-bond acceptors (Lipinski definition) is 4. The van der Waals surface area contributed by atoms with Gasteiger partial charge in [-0.3, -0.25) is 4.79 Å². The highest BCUT2D eigenvalue weighted by atomic mass is 35.5. The van der Waals surface area contributed by atoms with Crippen molar-refractivity contribution in [2.75, 3.05) is 6.26 Å². The number of aromatic nitrogens is 2. The summed E-state index contributed by atoms with van der Waals surface area (Å²) >= 11 is 8.84. The molecule has 0 fully saturated rings. The molecule has 0 radical (unpaired) electrons. The maximum absolute atomic E-state index is 11.9. The first-order valence-electron chi connectivity index (χ1n) is 5.50. The monoisotopic (exact) mass is 308 g/mol. The Morgan fingerprint density at radius 3 is 3.00 bits per heavy atom. The van der Waals surface area contributed by atoms with E-state index in [1.165, 1.54) is 23.1 Å². The summed E-state index contributed by atoms with van der Waals surface area (Å²) in [6.07, 6.45) is 1.88. The SMILES string of the molecule is CSc1nc2c(-c3cccc(Cl)c3)csc2c(=O)[nH]1. The molecule has 0 saturated carbocycles. The summed E-state index contributed by atoms with van der Waals surface area (Å²) in [6, 6.07) is 7.57. The van der Waals surface area contributed by atoms with Crippen LogP contribution in [-0.4, -0.2) is 16.2 Å². The number of hydrogen-bond donors (Lipinski definition) is 1. The van der Waals surface area contributed by atoms with E-state index in [1.54, 1.807) is 0 Å². The van der Waals surface area contributed by atoms with Crippen molar-refractivity contribution < 1.29 is 0 Å². The number of rotatable bonds is 2. The molecule has 3 aromatic rings. The second-order valence-electron chi connectivity index (χ2n) is 3.91. The molecule has 19 heavy (non-hydrogen) atoms. The predicted molar refractivity (Wildman–Crippen MR) is 82.5 cm³/mol. The molecule has 0 aliphatic heterocycles. The van der Waals surface area contributed by atoms with Crippen molar-refractivity contribution in [1.82, 2.24) is 9.97 Å². The zero-order valence-electron chi connectivity index (χ0n) is 9.94. The fourth-order valence-corrected chi connectivity index (χ4v) is 3.34. The Kier molecular flexibility index (Phi) is 3.35. The summed E-state index contributed by atoms with van der Waals surface area (Å²) in [5, 5.41) is 3.24. The lowest BCUT2D eigenvalue weighted by molar-refractivity contribution is 0.982. The normalized spacial score (nSPS) is 11.1. The highest BCUT2D eigenvalue weighted by Crippen LogP contribution is 2.32. The zero-order chi connectivity index (χ0) is 13.4. The maximum Gasteiger partial charge on any atom is 0.269 e. The second-order valence-corrected chi connectivity index (χ2v) is 6.02. The van der Waals surface area contributed by atoms with Crippen LogP contribution in [0.2, 0.25) is 5.02 Å². The number of aromatic amines is 1.